The Balaban J connectivity index is 1.40. The van der Waals surface area contributed by atoms with Crippen molar-refractivity contribution in [2.45, 2.75) is 13.8 Å². The fourth-order valence-corrected chi connectivity index (χ4v) is 3.36. The topological polar surface area (TPSA) is 68.3 Å². The molecule has 2 aromatic carbocycles. The van der Waals surface area contributed by atoms with Crippen LogP contribution < -0.4 is 14.4 Å². The molecular weight excluding hydrogens is 384 g/mol. The van der Waals surface area contributed by atoms with Gasteiger partial charge in [-0.25, -0.2) is 4.79 Å². The summed E-state index contributed by atoms with van der Waals surface area (Å²) in [7, 11) is 1.58. The van der Waals surface area contributed by atoms with Crippen LogP contribution in [0.15, 0.2) is 42.5 Å². The summed E-state index contributed by atoms with van der Waals surface area (Å²) in [5.74, 6) is 0.469. The minimum absolute atomic E-state index is 0.187. The summed E-state index contributed by atoms with van der Waals surface area (Å²) in [6.45, 7) is 6.42. The Hall–Kier alpha value is -3.22. The summed E-state index contributed by atoms with van der Waals surface area (Å²) < 4.78 is 15.5. The predicted molar refractivity (Wildman–Crippen MR) is 114 cm³/mol. The van der Waals surface area contributed by atoms with E-state index in [0.717, 1.165) is 13.1 Å². The third-order valence-electron chi connectivity index (χ3n) is 5.32. The van der Waals surface area contributed by atoms with Gasteiger partial charge < -0.3 is 24.0 Å². The van der Waals surface area contributed by atoms with E-state index in [-0.39, 0.29) is 19.1 Å². The number of ether oxygens (including phenoxy) is 3. The molecule has 0 aromatic heterocycles. The minimum atomic E-state index is -0.576. The smallest absolute Gasteiger partial charge is 0.344 e. The van der Waals surface area contributed by atoms with Crippen molar-refractivity contribution in [2.24, 2.45) is 0 Å². The van der Waals surface area contributed by atoms with Crippen LogP contribution in [0.2, 0.25) is 0 Å². The summed E-state index contributed by atoms with van der Waals surface area (Å²) >= 11 is 0. The van der Waals surface area contributed by atoms with Crippen molar-refractivity contribution in [3.8, 4) is 11.5 Å². The average molecular weight is 412 g/mol. The maximum Gasteiger partial charge on any atom is 0.344 e. The number of methoxy groups -OCH3 is 1. The number of nitrogens with zero attached hydrogens (tertiary/aromatic N) is 2. The van der Waals surface area contributed by atoms with Crippen molar-refractivity contribution in [3.63, 3.8) is 0 Å². The summed E-state index contributed by atoms with van der Waals surface area (Å²) in [6, 6.07) is 13.2. The molecule has 1 saturated heterocycles. The second kappa shape index (κ2) is 10.0. The molecule has 2 aromatic rings. The molecule has 0 unspecified atom stereocenters. The van der Waals surface area contributed by atoms with Gasteiger partial charge in [-0.3, -0.25) is 4.79 Å². The Morgan fingerprint density at radius 1 is 0.900 bits per heavy atom. The molecule has 0 saturated carbocycles. The predicted octanol–water partition coefficient (Wildman–Crippen LogP) is 2.58. The molecular formula is C23H28N2O5. The summed E-state index contributed by atoms with van der Waals surface area (Å²) in [4.78, 5) is 28.3. The van der Waals surface area contributed by atoms with Crippen LogP contribution in [-0.2, 0) is 14.3 Å². The van der Waals surface area contributed by atoms with E-state index in [0.29, 0.717) is 24.6 Å². The van der Waals surface area contributed by atoms with E-state index in [2.05, 4.69) is 36.9 Å². The molecule has 7 nitrogen and oxygen atoms in total. The first kappa shape index (κ1) is 21.5. The van der Waals surface area contributed by atoms with Crippen LogP contribution in [0.5, 0.6) is 11.5 Å². The van der Waals surface area contributed by atoms with E-state index in [1.807, 2.05) is 0 Å². The number of carbonyl (C=O) groups excluding carboxylic acids is 2. The molecule has 1 aliphatic rings. The second-order valence-electron chi connectivity index (χ2n) is 7.21. The molecule has 30 heavy (non-hydrogen) atoms. The fourth-order valence-electron chi connectivity index (χ4n) is 3.36. The van der Waals surface area contributed by atoms with Crippen LogP contribution in [0, 0.1) is 13.8 Å². The van der Waals surface area contributed by atoms with Crippen LogP contribution in [0.1, 0.15) is 11.1 Å². The van der Waals surface area contributed by atoms with E-state index >= 15 is 0 Å². The van der Waals surface area contributed by atoms with E-state index in [9.17, 15) is 9.59 Å². The first-order valence-electron chi connectivity index (χ1n) is 9.99. The van der Waals surface area contributed by atoms with Gasteiger partial charge >= 0.3 is 5.97 Å². The van der Waals surface area contributed by atoms with Gasteiger partial charge in [0.2, 0.25) is 0 Å². The molecule has 0 atom stereocenters. The van der Waals surface area contributed by atoms with Crippen molar-refractivity contribution in [1.29, 1.82) is 0 Å². The highest BCUT2D eigenvalue weighted by Crippen LogP contribution is 2.24. The molecule has 1 fully saturated rings. The van der Waals surface area contributed by atoms with Crippen LogP contribution in [0.3, 0.4) is 0 Å². The van der Waals surface area contributed by atoms with Crippen molar-refractivity contribution in [2.75, 3.05) is 51.4 Å². The minimum Gasteiger partial charge on any atom is -0.497 e. The lowest BCUT2D eigenvalue weighted by Crippen LogP contribution is -2.50. The number of hydrogen-bond acceptors (Lipinski definition) is 6. The van der Waals surface area contributed by atoms with E-state index < -0.39 is 5.97 Å². The molecule has 1 amide bonds. The highest BCUT2D eigenvalue weighted by atomic mass is 16.6. The first-order valence-corrected chi connectivity index (χ1v) is 9.99. The molecule has 0 radical (unpaired) electrons. The summed E-state index contributed by atoms with van der Waals surface area (Å²) in [6.07, 6.45) is 0. The monoisotopic (exact) mass is 412 g/mol. The molecule has 0 bridgehead atoms. The van der Waals surface area contributed by atoms with Gasteiger partial charge in [0, 0.05) is 31.9 Å². The van der Waals surface area contributed by atoms with Gasteiger partial charge in [0.15, 0.2) is 13.2 Å². The number of hydrogen-bond donors (Lipinski definition) is 0. The quantitative estimate of drug-likeness (QED) is 0.651. The third kappa shape index (κ3) is 5.43. The number of esters is 1. The first-order chi connectivity index (χ1) is 14.5. The molecule has 7 heteroatoms. The maximum absolute atomic E-state index is 12.4. The Labute approximate surface area is 177 Å². The van der Waals surface area contributed by atoms with Gasteiger partial charge in [-0.15, -0.1) is 0 Å². The van der Waals surface area contributed by atoms with Crippen molar-refractivity contribution in [1.82, 2.24) is 4.90 Å². The molecule has 0 spiro atoms. The zero-order valence-corrected chi connectivity index (χ0v) is 17.7. The molecule has 0 N–H and O–H groups in total. The van der Waals surface area contributed by atoms with Gasteiger partial charge in [-0.2, -0.15) is 0 Å². The van der Waals surface area contributed by atoms with Crippen LogP contribution >= 0.6 is 0 Å². The van der Waals surface area contributed by atoms with Gasteiger partial charge in [0.25, 0.3) is 5.91 Å². The van der Waals surface area contributed by atoms with Gasteiger partial charge in [-0.1, -0.05) is 12.1 Å². The van der Waals surface area contributed by atoms with E-state index in [4.69, 9.17) is 14.2 Å². The van der Waals surface area contributed by atoms with Crippen LogP contribution in [-0.4, -0.2) is 63.3 Å². The molecule has 0 aliphatic carbocycles. The maximum atomic E-state index is 12.4. The van der Waals surface area contributed by atoms with Gasteiger partial charge in [-0.05, 0) is 55.3 Å². The lowest BCUT2D eigenvalue weighted by Gasteiger charge is -2.37. The average Bonchev–Trinajstić information content (AvgIpc) is 2.78. The third-order valence-corrected chi connectivity index (χ3v) is 5.32. The van der Waals surface area contributed by atoms with Gasteiger partial charge in [0.1, 0.15) is 11.5 Å². The number of amides is 1. The Morgan fingerprint density at radius 2 is 1.57 bits per heavy atom. The van der Waals surface area contributed by atoms with Crippen LogP contribution in [0.4, 0.5) is 5.69 Å². The molecule has 1 aliphatic heterocycles. The second-order valence-corrected chi connectivity index (χ2v) is 7.21. The summed E-state index contributed by atoms with van der Waals surface area (Å²) in [5, 5.41) is 0. The SMILES string of the molecule is COc1ccc(OCC(=O)OCC(=O)N2CCN(c3cccc(C)c3C)CC2)cc1. The number of benzene rings is 2. The number of aryl methyl sites for hydroxylation is 1. The lowest BCUT2D eigenvalue weighted by molar-refractivity contribution is -0.153. The normalized spacial score (nSPS) is 13.7. The van der Waals surface area contributed by atoms with E-state index in [1.165, 1.54) is 16.8 Å². The largest absolute Gasteiger partial charge is 0.497 e. The van der Waals surface area contributed by atoms with Crippen molar-refractivity contribution < 1.29 is 23.8 Å². The number of carbonyl (C=O) groups is 2. The lowest BCUT2D eigenvalue weighted by atomic mass is 10.1. The zero-order chi connectivity index (χ0) is 21.5. The highest BCUT2D eigenvalue weighted by Gasteiger charge is 2.23. The highest BCUT2D eigenvalue weighted by molar-refractivity contribution is 5.81. The number of anilines is 1. The van der Waals surface area contributed by atoms with E-state index in [1.54, 1.807) is 36.3 Å². The zero-order valence-electron chi connectivity index (χ0n) is 17.7. The summed E-state index contributed by atoms with van der Waals surface area (Å²) in [5.41, 5.74) is 3.74. The number of piperazine rings is 1. The standard InChI is InChI=1S/C23H28N2O5/c1-17-5-4-6-21(18(17)2)24-11-13-25(14-12-24)22(26)15-30-23(27)16-29-20-9-7-19(28-3)8-10-20/h4-10H,11-16H2,1-3H3. The Morgan fingerprint density at radius 3 is 2.23 bits per heavy atom. The Kier molecular flexibility index (Phi) is 7.17. The van der Waals surface area contributed by atoms with Crippen molar-refractivity contribution in [3.05, 3.63) is 53.6 Å². The Bertz CT molecular complexity index is 874. The van der Waals surface area contributed by atoms with Crippen molar-refractivity contribution >= 4 is 17.6 Å². The molecule has 160 valence electrons. The fraction of sp³-hybridized carbons (Fsp3) is 0.391. The number of rotatable bonds is 7. The molecule has 1 heterocycles. The van der Waals surface area contributed by atoms with Crippen LogP contribution in [0.25, 0.3) is 0 Å². The molecule has 3 rings (SSSR count). The van der Waals surface area contributed by atoms with Gasteiger partial charge in [0.05, 0.1) is 7.11 Å².